The quantitative estimate of drug-likeness (QED) is 0.468. The molecule has 0 radical (unpaired) electrons. The van der Waals surface area contributed by atoms with Gasteiger partial charge < -0.3 is 16.0 Å². The fourth-order valence-corrected chi connectivity index (χ4v) is 2.92. The van der Waals surface area contributed by atoms with Crippen LogP contribution in [0.15, 0.2) is 55.0 Å². The zero-order valence-corrected chi connectivity index (χ0v) is 14.7. The van der Waals surface area contributed by atoms with Crippen molar-refractivity contribution in [3.63, 3.8) is 0 Å². The highest BCUT2D eigenvalue weighted by atomic mass is 35.5. The number of fused-ring (bicyclic) bond motifs is 1. The van der Waals surface area contributed by atoms with Gasteiger partial charge in [0.1, 0.15) is 16.5 Å². The Morgan fingerprint density at radius 3 is 2.73 bits per heavy atom. The Morgan fingerprint density at radius 2 is 1.92 bits per heavy atom. The van der Waals surface area contributed by atoms with Crippen molar-refractivity contribution < 1.29 is 0 Å². The summed E-state index contributed by atoms with van der Waals surface area (Å²) >= 11 is 5.95. The molecule has 0 fully saturated rings. The van der Waals surface area contributed by atoms with E-state index in [-0.39, 0.29) is 0 Å². The lowest BCUT2D eigenvalue weighted by molar-refractivity contribution is 1.09. The first kappa shape index (κ1) is 16.4. The van der Waals surface area contributed by atoms with Gasteiger partial charge >= 0.3 is 0 Å². The van der Waals surface area contributed by atoms with E-state index >= 15 is 0 Å². The molecule has 0 saturated heterocycles. The average molecular weight is 365 g/mol. The lowest BCUT2D eigenvalue weighted by Gasteiger charge is -2.08. The van der Waals surface area contributed by atoms with Crippen LogP contribution in [0.4, 0.5) is 11.5 Å². The second-order valence-electron chi connectivity index (χ2n) is 5.98. The number of anilines is 2. The van der Waals surface area contributed by atoms with Crippen molar-refractivity contribution >= 4 is 34.3 Å². The van der Waals surface area contributed by atoms with Gasteiger partial charge in [0, 0.05) is 36.6 Å². The normalized spacial score (nSPS) is 11.0. The Bertz CT molecular complexity index is 1040. The van der Waals surface area contributed by atoms with Crippen LogP contribution in [0.25, 0.3) is 11.2 Å². The first-order chi connectivity index (χ1) is 12.7. The third kappa shape index (κ3) is 3.45. The molecule has 3 heterocycles. The highest BCUT2D eigenvalue weighted by molar-refractivity contribution is 6.29. The smallest absolute Gasteiger partial charge is 0.156 e. The molecule has 6 nitrogen and oxygen atoms in total. The average Bonchev–Trinajstić information content (AvgIpc) is 3.04. The van der Waals surface area contributed by atoms with E-state index in [1.807, 2.05) is 48.8 Å². The van der Waals surface area contributed by atoms with Gasteiger partial charge in [-0.3, -0.25) is 0 Å². The molecular weight excluding hydrogens is 348 g/mol. The number of aromatic amines is 1. The number of pyridine rings is 1. The zero-order chi connectivity index (χ0) is 17.9. The lowest BCUT2D eigenvalue weighted by Crippen LogP contribution is -2.04. The second-order valence-corrected chi connectivity index (χ2v) is 6.37. The Morgan fingerprint density at radius 1 is 1.04 bits per heavy atom. The van der Waals surface area contributed by atoms with Gasteiger partial charge in [-0.1, -0.05) is 35.9 Å². The number of para-hydroxylation sites is 1. The van der Waals surface area contributed by atoms with Crippen LogP contribution in [0.1, 0.15) is 16.7 Å². The summed E-state index contributed by atoms with van der Waals surface area (Å²) in [6.07, 6.45) is 6.00. The van der Waals surface area contributed by atoms with E-state index in [2.05, 4.69) is 25.3 Å². The van der Waals surface area contributed by atoms with Crippen molar-refractivity contribution in [3.8, 4) is 0 Å². The number of nitrogens with one attached hydrogen (secondary N) is 2. The summed E-state index contributed by atoms with van der Waals surface area (Å²) in [5.74, 6) is 0.804. The van der Waals surface area contributed by atoms with Crippen LogP contribution in [0, 0.1) is 0 Å². The van der Waals surface area contributed by atoms with Crippen LogP contribution < -0.4 is 11.1 Å². The number of H-pyrrole nitrogens is 1. The molecule has 3 aromatic heterocycles. The number of nitrogens with two attached hydrogens (primary N) is 1. The van der Waals surface area contributed by atoms with Crippen molar-refractivity contribution in [1.29, 1.82) is 0 Å². The van der Waals surface area contributed by atoms with Crippen LogP contribution in [0.5, 0.6) is 0 Å². The van der Waals surface area contributed by atoms with Crippen LogP contribution in [0.2, 0.25) is 5.15 Å². The van der Waals surface area contributed by atoms with Gasteiger partial charge in [0.15, 0.2) is 5.65 Å². The number of nitrogen functional groups attached to an aromatic ring is 1. The Kier molecular flexibility index (Phi) is 4.41. The molecule has 4 N–H and O–H groups in total. The fourth-order valence-electron chi connectivity index (χ4n) is 2.79. The number of nitrogens with zero attached hydrogens (tertiary/aromatic N) is 3. The molecule has 0 unspecified atom stereocenters. The molecule has 0 aliphatic heterocycles. The summed E-state index contributed by atoms with van der Waals surface area (Å²) < 4.78 is 0. The maximum absolute atomic E-state index is 5.96. The topological polar surface area (TPSA) is 92.5 Å². The van der Waals surface area contributed by atoms with Crippen LogP contribution in [-0.4, -0.2) is 19.9 Å². The van der Waals surface area contributed by atoms with Gasteiger partial charge in [0.2, 0.25) is 0 Å². The Balaban J connectivity index is 1.45. The minimum absolute atomic E-state index is 0.385. The first-order valence-electron chi connectivity index (χ1n) is 8.20. The van der Waals surface area contributed by atoms with Crippen LogP contribution in [-0.2, 0) is 13.0 Å². The van der Waals surface area contributed by atoms with Gasteiger partial charge in [-0.25, -0.2) is 15.0 Å². The van der Waals surface area contributed by atoms with Crippen molar-refractivity contribution in [1.82, 2.24) is 19.9 Å². The highest BCUT2D eigenvalue weighted by Gasteiger charge is 2.08. The molecule has 130 valence electrons. The van der Waals surface area contributed by atoms with E-state index in [1.165, 1.54) is 6.20 Å². The number of hydrogen-bond donors (Lipinski definition) is 3. The number of benzene rings is 1. The fraction of sp³-hybridized carbons (Fsp3) is 0.105. The summed E-state index contributed by atoms with van der Waals surface area (Å²) in [5, 5.41) is 3.67. The third-order valence-electron chi connectivity index (χ3n) is 4.16. The van der Waals surface area contributed by atoms with Crippen molar-refractivity contribution in [3.05, 3.63) is 76.8 Å². The number of aromatic nitrogens is 4. The monoisotopic (exact) mass is 364 g/mol. The summed E-state index contributed by atoms with van der Waals surface area (Å²) in [5.41, 5.74) is 11.4. The van der Waals surface area contributed by atoms with E-state index in [9.17, 15) is 0 Å². The van der Waals surface area contributed by atoms with Crippen molar-refractivity contribution in [2.45, 2.75) is 13.0 Å². The van der Waals surface area contributed by atoms with Gasteiger partial charge in [-0.05, 0) is 23.3 Å². The van der Waals surface area contributed by atoms with Crippen molar-refractivity contribution in [2.24, 2.45) is 0 Å². The number of hydrogen-bond acceptors (Lipinski definition) is 5. The maximum atomic E-state index is 5.96. The molecule has 1 aromatic carbocycles. The summed E-state index contributed by atoms with van der Waals surface area (Å²) in [6.45, 7) is 0.634. The van der Waals surface area contributed by atoms with E-state index in [1.54, 1.807) is 0 Å². The van der Waals surface area contributed by atoms with Gasteiger partial charge in [0.25, 0.3) is 0 Å². The Labute approximate surface area is 155 Å². The van der Waals surface area contributed by atoms with Gasteiger partial charge in [0.05, 0.1) is 6.20 Å². The van der Waals surface area contributed by atoms with E-state index in [0.29, 0.717) is 18.1 Å². The molecular formula is C19H17ClN6. The minimum Gasteiger partial charge on any atom is -0.398 e. The molecule has 0 atom stereocenters. The predicted octanol–water partition coefficient (Wildman–Crippen LogP) is 3.79. The molecule has 7 heteroatoms. The van der Waals surface area contributed by atoms with E-state index < -0.39 is 0 Å². The van der Waals surface area contributed by atoms with E-state index in [4.69, 9.17) is 17.3 Å². The van der Waals surface area contributed by atoms with Crippen LogP contribution in [0.3, 0.4) is 0 Å². The summed E-state index contributed by atoms with van der Waals surface area (Å²) in [7, 11) is 0. The largest absolute Gasteiger partial charge is 0.398 e. The minimum atomic E-state index is 0.385. The molecule has 0 saturated carbocycles. The lowest BCUT2D eigenvalue weighted by atomic mass is 10.1. The third-order valence-corrected chi connectivity index (χ3v) is 4.35. The molecule has 0 amide bonds. The number of halogens is 1. The predicted molar refractivity (Wildman–Crippen MR) is 104 cm³/mol. The maximum Gasteiger partial charge on any atom is 0.156 e. The molecule has 0 spiro atoms. The standard InChI is InChI=1S/C19H17ClN6/c20-16-11-25-19-18(26-16)14(10-24-19)7-12-5-6-17(22-8-12)23-9-13-3-1-2-4-15(13)21/h1-6,8,10-11H,7,9,21H2,(H,22,23)(H,24,25). The van der Waals surface area contributed by atoms with Gasteiger partial charge in [-0.15, -0.1) is 0 Å². The Hall–Kier alpha value is -3.12. The van der Waals surface area contributed by atoms with Crippen molar-refractivity contribution in [2.75, 3.05) is 11.1 Å². The van der Waals surface area contributed by atoms with Gasteiger partial charge in [-0.2, -0.15) is 0 Å². The highest BCUT2D eigenvalue weighted by Crippen LogP contribution is 2.20. The van der Waals surface area contributed by atoms with Crippen LogP contribution >= 0.6 is 11.6 Å². The molecule has 0 aliphatic rings. The second kappa shape index (κ2) is 7.01. The molecule has 4 rings (SSSR count). The first-order valence-corrected chi connectivity index (χ1v) is 8.57. The molecule has 0 bridgehead atoms. The summed E-state index contributed by atoms with van der Waals surface area (Å²) in [4.78, 5) is 16.2. The zero-order valence-electron chi connectivity index (χ0n) is 13.9. The molecule has 26 heavy (non-hydrogen) atoms. The summed E-state index contributed by atoms with van der Waals surface area (Å²) in [6, 6.07) is 11.8. The number of rotatable bonds is 5. The molecule has 4 aromatic rings. The molecule has 0 aliphatic carbocycles. The SMILES string of the molecule is Nc1ccccc1CNc1ccc(Cc2c[nH]c3ncc(Cl)nc23)cn1. The van der Waals surface area contributed by atoms with E-state index in [0.717, 1.165) is 39.4 Å².